The van der Waals surface area contributed by atoms with Crippen LogP contribution in [-0.2, 0) is 19.4 Å². The molecule has 1 heterocycles. The number of hydrogen-bond acceptors (Lipinski definition) is 5. The highest BCUT2D eigenvalue weighted by molar-refractivity contribution is 7.91. The molecule has 0 spiro atoms. The van der Waals surface area contributed by atoms with E-state index in [1.807, 2.05) is 33.8 Å². The predicted molar refractivity (Wildman–Crippen MR) is 99.9 cm³/mol. The number of benzene rings is 1. The third-order valence-electron chi connectivity index (χ3n) is 4.74. The van der Waals surface area contributed by atoms with Crippen LogP contribution < -0.4 is 0 Å². The summed E-state index contributed by atoms with van der Waals surface area (Å²) in [5, 5.41) is 0. The number of nitrogens with zero attached hydrogens (tertiary/aromatic N) is 1. The Morgan fingerprint density at radius 2 is 1.85 bits per heavy atom. The Kier molecular flexibility index (Phi) is 6.44. The van der Waals surface area contributed by atoms with Crippen molar-refractivity contribution >= 4 is 21.7 Å². The van der Waals surface area contributed by atoms with Crippen LogP contribution >= 0.6 is 0 Å². The molecule has 144 valence electrons. The number of sulfone groups is 1. The molecular formula is C19H27NO5S. The summed E-state index contributed by atoms with van der Waals surface area (Å²) in [6.45, 7) is 7.22. The van der Waals surface area contributed by atoms with E-state index in [0.717, 1.165) is 11.1 Å². The van der Waals surface area contributed by atoms with Gasteiger partial charge in [-0.15, -0.1) is 0 Å². The fraction of sp³-hybridized carbons (Fsp3) is 0.579. The van der Waals surface area contributed by atoms with E-state index in [1.54, 1.807) is 17.0 Å². The Balaban J connectivity index is 2.06. The molecular weight excluding hydrogens is 354 g/mol. The van der Waals surface area contributed by atoms with Crippen LogP contribution in [0.25, 0.3) is 0 Å². The zero-order chi connectivity index (χ0) is 19.5. The van der Waals surface area contributed by atoms with Gasteiger partial charge in [0.1, 0.15) is 0 Å². The van der Waals surface area contributed by atoms with Gasteiger partial charge in [0.15, 0.2) is 16.4 Å². The topological polar surface area (TPSA) is 80.8 Å². The van der Waals surface area contributed by atoms with Crippen LogP contribution in [0, 0.1) is 13.8 Å². The van der Waals surface area contributed by atoms with E-state index >= 15 is 0 Å². The average Bonchev–Trinajstić information content (AvgIpc) is 2.91. The van der Waals surface area contributed by atoms with E-state index in [9.17, 15) is 18.0 Å². The van der Waals surface area contributed by atoms with Gasteiger partial charge in [0.05, 0.1) is 17.1 Å². The Morgan fingerprint density at radius 1 is 1.23 bits per heavy atom. The van der Waals surface area contributed by atoms with E-state index in [2.05, 4.69) is 0 Å². The third kappa shape index (κ3) is 5.06. The first-order chi connectivity index (χ1) is 12.1. The summed E-state index contributed by atoms with van der Waals surface area (Å²) in [4.78, 5) is 26.5. The molecule has 0 unspecified atom stereocenters. The van der Waals surface area contributed by atoms with Crippen LogP contribution in [0.3, 0.4) is 0 Å². The van der Waals surface area contributed by atoms with Gasteiger partial charge in [-0.25, -0.2) is 13.2 Å². The Morgan fingerprint density at radius 3 is 2.35 bits per heavy atom. The number of ether oxygens (including phenoxy) is 1. The van der Waals surface area contributed by atoms with Crippen molar-refractivity contribution in [1.82, 2.24) is 4.90 Å². The number of amides is 1. The van der Waals surface area contributed by atoms with Crippen molar-refractivity contribution in [3.05, 3.63) is 34.9 Å². The maximum atomic E-state index is 12.7. The van der Waals surface area contributed by atoms with Gasteiger partial charge in [-0.3, -0.25) is 4.79 Å². The van der Waals surface area contributed by atoms with Gasteiger partial charge >= 0.3 is 5.97 Å². The molecule has 6 nitrogen and oxygen atoms in total. The zero-order valence-corrected chi connectivity index (χ0v) is 16.6. The molecule has 0 aliphatic carbocycles. The molecule has 1 saturated heterocycles. The van der Waals surface area contributed by atoms with E-state index in [-0.39, 0.29) is 36.1 Å². The second-order valence-electron chi connectivity index (χ2n) is 7.07. The number of carbonyl (C=O) groups is 2. The van der Waals surface area contributed by atoms with Crippen molar-refractivity contribution in [2.45, 2.75) is 52.6 Å². The maximum Gasteiger partial charge on any atom is 0.338 e. The highest BCUT2D eigenvalue weighted by Crippen LogP contribution is 2.21. The van der Waals surface area contributed by atoms with Crippen molar-refractivity contribution in [3.8, 4) is 0 Å². The quantitative estimate of drug-likeness (QED) is 0.706. The highest BCUT2D eigenvalue weighted by Gasteiger charge is 2.36. The molecule has 26 heavy (non-hydrogen) atoms. The first kappa shape index (κ1) is 20.4. The summed E-state index contributed by atoms with van der Waals surface area (Å²) >= 11 is 0. The lowest BCUT2D eigenvalue weighted by atomic mass is 10.1. The third-order valence-corrected chi connectivity index (χ3v) is 6.49. The highest BCUT2D eigenvalue weighted by atomic mass is 32.2. The van der Waals surface area contributed by atoms with Gasteiger partial charge in [-0.1, -0.05) is 24.1 Å². The second kappa shape index (κ2) is 8.20. The van der Waals surface area contributed by atoms with Gasteiger partial charge in [-0.05, 0) is 45.7 Å². The van der Waals surface area contributed by atoms with Crippen LogP contribution in [0.5, 0.6) is 0 Å². The van der Waals surface area contributed by atoms with Gasteiger partial charge in [-0.2, -0.15) is 0 Å². The molecule has 0 radical (unpaired) electrons. The van der Waals surface area contributed by atoms with Gasteiger partial charge in [0, 0.05) is 12.1 Å². The number of aryl methyl sites for hydroxylation is 2. The van der Waals surface area contributed by atoms with Crippen LogP contribution in [0.4, 0.5) is 0 Å². The van der Waals surface area contributed by atoms with Crippen LogP contribution in [0.15, 0.2) is 18.2 Å². The van der Waals surface area contributed by atoms with Crippen molar-refractivity contribution in [1.29, 1.82) is 0 Å². The molecule has 7 heteroatoms. The number of carbonyl (C=O) groups excluding carboxylic acids is 2. The van der Waals surface area contributed by atoms with Crippen LogP contribution in [0.2, 0.25) is 0 Å². The Hall–Kier alpha value is -1.89. The number of esters is 1. The molecule has 0 N–H and O–H groups in total. The Labute approximate surface area is 155 Å². The molecule has 1 fully saturated rings. The number of rotatable bonds is 6. The monoisotopic (exact) mass is 381 g/mol. The molecule has 1 aliphatic heterocycles. The molecule has 2 atom stereocenters. The lowest BCUT2D eigenvalue weighted by Crippen LogP contribution is -2.48. The summed E-state index contributed by atoms with van der Waals surface area (Å²) in [6, 6.07) is 4.93. The van der Waals surface area contributed by atoms with Crippen molar-refractivity contribution in [2.75, 3.05) is 18.1 Å². The second-order valence-corrected chi connectivity index (χ2v) is 9.30. The van der Waals surface area contributed by atoms with Gasteiger partial charge < -0.3 is 9.64 Å². The molecule has 0 aromatic heterocycles. The Bertz CT molecular complexity index is 767. The molecule has 2 rings (SSSR count). The molecule has 1 aliphatic rings. The van der Waals surface area contributed by atoms with Crippen LogP contribution in [-0.4, -0.2) is 55.4 Å². The fourth-order valence-corrected chi connectivity index (χ4v) is 5.09. The van der Waals surface area contributed by atoms with Crippen molar-refractivity contribution in [3.63, 3.8) is 0 Å². The minimum atomic E-state index is -3.10. The van der Waals surface area contributed by atoms with Crippen molar-refractivity contribution in [2.24, 2.45) is 0 Å². The SMILES string of the molecule is CC[C@H](C)N(C(=O)COC(=O)c1cc(C)cc(C)c1)[C@H]1CCS(=O)(=O)C1. The standard InChI is InChI=1S/C19H27NO5S/c1-5-15(4)20(17-6-7-26(23,24)12-17)18(21)11-25-19(22)16-9-13(2)8-14(3)10-16/h8-10,15,17H,5-7,11-12H2,1-4H3/t15-,17-/m0/s1. The summed E-state index contributed by atoms with van der Waals surface area (Å²) in [7, 11) is -3.10. The lowest BCUT2D eigenvalue weighted by Gasteiger charge is -2.33. The maximum absolute atomic E-state index is 12.7. The van der Waals surface area contributed by atoms with E-state index in [4.69, 9.17) is 4.74 Å². The van der Waals surface area contributed by atoms with E-state index in [0.29, 0.717) is 18.4 Å². The smallest absolute Gasteiger partial charge is 0.338 e. The summed E-state index contributed by atoms with van der Waals surface area (Å²) in [5.41, 5.74) is 2.30. The molecule has 1 amide bonds. The average molecular weight is 381 g/mol. The lowest BCUT2D eigenvalue weighted by molar-refractivity contribution is -0.138. The zero-order valence-electron chi connectivity index (χ0n) is 15.8. The number of hydrogen-bond donors (Lipinski definition) is 0. The van der Waals surface area contributed by atoms with Gasteiger partial charge in [0.2, 0.25) is 0 Å². The van der Waals surface area contributed by atoms with Crippen LogP contribution in [0.1, 0.15) is 48.2 Å². The minimum absolute atomic E-state index is 0.0197. The van der Waals surface area contributed by atoms with E-state index < -0.39 is 15.8 Å². The molecule has 1 aromatic rings. The summed E-state index contributed by atoms with van der Waals surface area (Å²) in [6.07, 6.45) is 1.14. The van der Waals surface area contributed by atoms with Gasteiger partial charge in [0.25, 0.3) is 5.91 Å². The molecule has 0 bridgehead atoms. The first-order valence-electron chi connectivity index (χ1n) is 8.90. The predicted octanol–water partition coefficient (Wildman–Crippen LogP) is 2.27. The molecule has 1 aromatic carbocycles. The normalized spacial score (nSPS) is 19.8. The largest absolute Gasteiger partial charge is 0.452 e. The van der Waals surface area contributed by atoms with E-state index in [1.165, 1.54) is 0 Å². The summed E-state index contributed by atoms with van der Waals surface area (Å²) < 4.78 is 28.7. The fourth-order valence-electron chi connectivity index (χ4n) is 3.38. The van der Waals surface area contributed by atoms with Crippen molar-refractivity contribution < 1.29 is 22.7 Å². The summed E-state index contributed by atoms with van der Waals surface area (Å²) in [5.74, 6) is -0.818. The molecule has 0 saturated carbocycles. The first-order valence-corrected chi connectivity index (χ1v) is 10.7. The minimum Gasteiger partial charge on any atom is -0.452 e.